The zero-order valence-electron chi connectivity index (χ0n) is 9.33. The van der Waals surface area contributed by atoms with Crippen molar-refractivity contribution in [3.05, 3.63) is 34.7 Å². The molecule has 0 spiro atoms. The van der Waals surface area contributed by atoms with E-state index in [1.165, 1.54) is 7.11 Å². The van der Waals surface area contributed by atoms with Crippen LogP contribution < -0.4 is 15.8 Å². The number of nitrogens with zero attached hydrogens (tertiary/aromatic N) is 3. The van der Waals surface area contributed by atoms with Crippen LogP contribution in [0.3, 0.4) is 0 Å². The maximum absolute atomic E-state index is 11.1. The van der Waals surface area contributed by atoms with Gasteiger partial charge < -0.3 is 15.8 Å². The Bertz CT molecular complexity index is 442. The van der Waals surface area contributed by atoms with Gasteiger partial charge in [0.05, 0.1) is 19.3 Å². The third kappa shape index (κ3) is 3.58. The third-order valence-corrected chi connectivity index (χ3v) is 2.11. The highest BCUT2D eigenvalue weighted by Gasteiger charge is 2.15. The normalized spacial score (nSPS) is 11.1. The van der Waals surface area contributed by atoms with Gasteiger partial charge in [0.15, 0.2) is 0 Å². The Labute approximate surface area is 98.2 Å². The second-order valence-electron chi connectivity index (χ2n) is 3.21. The summed E-state index contributed by atoms with van der Waals surface area (Å²) in [7, 11) is 1.52. The lowest BCUT2D eigenvalue weighted by molar-refractivity contribution is -0.118. The molecule has 0 saturated heterocycles. The van der Waals surface area contributed by atoms with Gasteiger partial charge in [0.25, 0.3) is 0 Å². The largest absolute Gasteiger partial charge is 0.495 e. The molecule has 17 heavy (non-hydrogen) atoms. The summed E-state index contributed by atoms with van der Waals surface area (Å²) in [5, 5.41) is 6.19. The van der Waals surface area contributed by atoms with Crippen LogP contribution in [0.25, 0.3) is 10.4 Å². The fourth-order valence-corrected chi connectivity index (χ4v) is 1.28. The molecule has 0 radical (unpaired) electrons. The molecule has 7 nitrogen and oxygen atoms in total. The predicted octanol–water partition coefficient (Wildman–Crippen LogP) is 1.27. The maximum Gasteiger partial charge on any atom is 0.240 e. The number of primary amides is 1. The van der Waals surface area contributed by atoms with Crippen molar-refractivity contribution >= 4 is 11.6 Å². The molecular weight excluding hydrogens is 222 g/mol. The average Bonchev–Trinajstić information content (AvgIpc) is 2.34. The van der Waals surface area contributed by atoms with Crippen LogP contribution in [0.4, 0.5) is 5.69 Å². The van der Waals surface area contributed by atoms with Crippen molar-refractivity contribution in [3.63, 3.8) is 0 Å². The lowest BCUT2D eigenvalue weighted by atomic mass is 10.2. The molecule has 1 amide bonds. The van der Waals surface area contributed by atoms with Crippen LogP contribution >= 0.6 is 0 Å². The molecule has 7 heteroatoms. The Hall–Kier alpha value is -2.40. The summed E-state index contributed by atoms with van der Waals surface area (Å²) >= 11 is 0. The van der Waals surface area contributed by atoms with Gasteiger partial charge in [0.1, 0.15) is 11.8 Å². The Morgan fingerprint density at radius 2 is 2.35 bits per heavy atom. The zero-order chi connectivity index (χ0) is 12.7. The third-order valence-electron chi connectivity index (χ3n) is 2.11. The minimum absolute atomic E-state index is 0.0517. The van der Waals surface area contributed by atoms with Crippen LogP contribution in [-0.4, -0.2) is 25.6 Å². The van der Waals surface area contributed by atoms with Gasteiger partial charge in [-0.25, -0.2) is 0 Å². The Morgan fingerprint density at radius 1 is 1.65 bits per heavy atom. The summed E-state index contributed by atoms with van der Waals surface area (Å²) in [4.78, 5) is 13.7. The molecule has 3 N–H and O–H groups in total. The molecule has 1 unspecified atom stereocenters. The number of azide groups is 1. The van der Waals surface area contributed by atoms with E-state index in [4.69, 9.17) is 16.0 Å². The van der Waals surface area contributed by atoms with Crippen LogP contribution in [0, 0.1) is 0 Å². The van der Waals surface area contributed by atoms with Crippen molar-refractivity contribution in [3.8, 4) is 5.75 Å². The second kappa shape index (κ2) is 6.24. The minimum Gasteiger partial charge on any atom is -0.495 e. The summed E-state index contributed by atoms with van der Waals surface area (Å²) in [6.07, 6.45) is 0. The van der Waals surface area contributed by atoms with Crippen molar-refractivity contribution < 1.29 is 9.53 Å². The van der Waals surface area contributed by atoms with E-state index in [1.54, 1.807) is 24.3 Å². The molecule has 1 atom stereocenters. The standard InChI is InChI=1S/C10H13N5O2/c1-17-9-5-3-2-4-7(9)14-8(10(11)16)6-13-15-12/h2-5,8,14H,6H2,1H3,(H2,11,16). The van der Waals surface area contributed by atoms with E-state index >= 15 is 0 Å². The van der Waals surface area contributed by atoms with E-state index < -0.39 is 11.9 Å². The van der Waals surface area contributed by atoms with Crippen molar-refractivity contribution in [1.82, 2.24) is 0 Å². The number of benzene rings is 1. The molecule has 1 rings (SSSR count). The van der Waals surface area contributed by atoms with Crippen molar-refractivity contribution in [2.45, 2.75) is 6.04 Å². The molecule has 0 aliphatic rings. The van der Waals surface area contributed by atoms with Crippen molar-refractivity contribution in [2.75, 3.05) is 19.0 Å². The molecule has 1 aromatic carbocycles. The van der Waals surface area contributed by atoms with Crippen molar-refractivity contribution in [1.29, 1.82) is 0 Å². The highest BCUT2D eigenvalue weighted by atomic mass is 16.5. The number of rotatable bonds is 6. The smallest absolute Gasteiger partial charge is 0.240 e. The number of carbonyl (C=O) groups is 1. The molecule has 0 saturated carbocycles. The summed E-state index contributed by atoms with van der Waals surface area (Å²) in [6, 6.07) is 6.31. The fraction of sp³-hybridized carbons (Fsp3) is 0.300. The van der Waals surface area contributed by atoms with E-state index in [0.29, 0.717) is 11.4 Å². The minimum atomic E-state index is -0.762. The Kier molecular flexibility index (Phi) is 4.65. The predicted molar refractivity (Wildman–Crippen MR) is 63.6 cm³/mol. The summed E-state index contributed by atoms with van der Waals surface area (Å²) < 4.78 is 5.11. The number of methoxy groups -OCH3 is 1. The Balaban J connectivity index is 2.85. The number of nitrogens with two attached hydrogens (primary N) is 1. The number of hydrogen-bond donors (Lipinski definition) is 2. The first-order chi connectivity index (χ1) is 8.19. The van der Waals surface area contributed by atoms with Gasteiger partial charge >= 0.3 is 0 Å². The molecule has 0 heterocycles. The maximum atomic E-state index is 11.1. The van der Waals surface area contributed by atoms with Gasteiger partial charge in [0.2, 0.25) is 5.91 Å². The lowest BCUT2D eigenvalue weighted by Gasteiger charge is -2.16. The molecule has 0 bridgehead atoms. The van der Waals surface area contributed by atoms with Gasteiger partial charge in [-0.3, -0.25) is 4.79 Å². The van der Waals surface area contributed by atoms with Crippen molar-refractivity contribution in [2.24, 2.45) is 10.8 Å². The first kappa shape index (κ1) is 12.7. The van der Waals surface area contributed by atoms with E-state index in [-0.39, 0.29) is 6.54 Å². The van der Waals surface area contributed by atoms with Crippen LogP contribution in [0.2, 0.25) is 0 Å². The summed E-state index contributed by atoms with van der Waals surface area (Å²) in [6.45, 7) is -0.0517. The average molecular weight is 235 g/mol. The van der Waals surface area contributed by atoms with Crippen LogP contribution in [0.15, 0.2) is 29.4 Å². The van der Waals surface area contributed by atoms with E-state index in [0.717, 1.165) is 0 Å². The van der Waals surface area contributed by atoms with Gasteiger partial charge in [-0.1, -0.05) is 17.2 Å². The molecule has 90 valence electrons. The van der Waals surface area contributed by atoms with Crippen LogP contribution in [0.5, 0.6) is 5.75 Å². The van der Waals surface area contributed by atoms with E-state index in [1.807, 2.05) is 0 Å². The topological polar surface area (TPSA) is 113 Å². The molecular formula is C10H13N5O2. The molecule has 0 fully saturated rings. The van der Waals surface area contributed by atoms with Gasteiger partial charge in [-0.15, -0.1) is 0 Å². The highest BCUT2D eigenvalue weighted by molar-refractivity contribution is 5.83. The first-order valence-electron chi connectivity index (χ1n) is 4.88. The van der Waals surface area contributed by atoms with Gasteiger partial charge in [-0.05, 0) is 17.7 Å². The van der Waals surface area contributed by atoms with Crippen LogP contribution in [0.1, 0.15) is 0 Å². The van der Waals surface area contributed by atoms with Gasteiger partial charge in [0, 0.05) is 4.91 Å². The zero-order valence-corrected chi connectivity index (χ0v) is 9.33. The number of nitrogens with one attached hydrogen (secondary N) is 1. The summed E-state index contributed by atoms with van der Waals surface area (Å²) in [5.74, 6) is -0.0111. The SMILES string of the molecule is COc1ccccc1NC(CN=[N+]=[N-])C(N)=O. The fourth-order valence-electron chi connectivity index (χ4n) is 1.28. The summed E-state index contributed by atoms with van der Waals surface area (Å²) in [5.41, 5.74) is 14.0. The highest BCUT2D eigenvalue weighted by Crippen LogP contribution is 2.23. The number of para-hydroxylation sites is 2. The number of ether oxygens (including phenoxy) is 1. The van der Waals surface area contributed by atoms with E-state index in [2.05, 4.69) is 15.3 Å². The molecule has 1 aromatic rings. The number of amides is 1. The Morgan fingerprint density at radius 3 is 2.94 bits per heavy atom. The monoisotopic (exact) mass is 235 g/mol. The first-order valence-corrected chi connectivity index (χ1v) is 4.88. The molecule has 0 aromatic heterocycles. The quantitative estimate of drug-likeness (QED) is 0.439. The lowest BCUT2D eigenvalue weighted by Crippen LogP contribution is -2.37. The number of hydrogen-bond acceptors (Lipinski definition) is 4. The van der Waals surface area contributed by atoms with Crippen LogP contribution in [-0.2, 0) is 4.79 Å². The number of anilines is 1. The second-order valence-corrected chi connectivity index (χ2v) is 3.21. The van der Waals surface area contributed by atoms with Gasteiger partial charge in [-0.2, -0.15) is 0 Å². The molecule has 0 aliphatic heterocycles. The molecule has 0 aliphatic carbocycles. The van der Waals surface area contributed by atoms with E-state index in [9.17, 15) is 4.79 Å². The number of carbonyl (C=O) groups excluding carboxylic acids is 1.